The fraction of sp³-hybridized carbons (Fsp3) is 0.250. The summed E-state index contributed by atoms with van der Waals surface area (Å²) in [6.07, 6.45) is 3.14. The van der Waals surface area contributed by atoms with Crippen LogP contribution in [0.1, 0.15) is 12.0 Å². The van der Waals surface area contributed by atoms with Gasteiger partial charge in [-0.2, -0.15) is 0 Å². The highest BCUT2D eigenvalue weighted by Crippen LogP contribution is 2.28. The molecular formula is C24H24N4O2S. The summed E-state index contributed by atoms with van der Waals surface area (Å²) in [5.41, 5.74) is 5.08. The van der Waals surface area contributed by atoms with Crippen LogP contribution < -0.4 is 10.2 Å². The molecule has 158 valence electrons. The van der Waals surface area contributed by atoms with Gasteiger partial charge in [0, 0.05) is 53.2 Å². The molecule has 31 heavy (non-hydrogen) atoms. The molecule has 0 radical (unpaired) electrons. The van der Waals surface area contributed by atoms with E-state index in [2.05, 4.69) is 26.6 Å². The zero-order valence-electron chi connectivity index (χ0n) is 17.1. The molecule has 0 bridgehead atoms. The van der Waals surface area contributed by atoms with Crippen LogP contribution in [0.4, 0.5) is 10.8 Å². The van der Waals surface area contributed by atoms with Gasteiger partial charge < -0.3 is 19.9 Å². The van der Waals surface area contributed by atoms with Gasteiger partial charge in [0.05, 0.1) is 18.9 Å². The molecule has 1 fully saturated rings. The highest BCUT2D eigenvalue weighted by molar-refractivity contribution is 7.14. The van der Waals surface area contributed by atoms with Crippen molar-refractivity contribution in [2.45, 2.75) is 12.8 Å². The molecule has 2 aromatic carbocycles. The maximum atomic E-state index is 12.4. The Morgan fingerprint density at radius 2 is 1.94 bits per heavy atom. The average Bonchev–Trinajstić information content (AvgIpc) is 3.47. The number of carbonyl (C=O) groups excluding carboxylic acids is 1. The van der Waals surface area contributed by atoms with E-state index in [-0.39, 0.29) is 5.91 Å². The van der Waals surface area contributed by atoms with Crippen molar-refractivity contribution in [1.29, 1.82) is 0 Å². The lowest BCUT2D eigenvalue weighted by Crippen LogP contribution is -2.36. The van der Waals surface area contributed by atoms with Gasteiger partial charge in [-0.25, -0.2) is 4.98 Å². The molecular weight excluding hydrogens is 408 g/mol. The van der Waals surface area contributed by atoms with E-state index >= 15 is 0 Å². The van der Waals surface area contributed by atoms with Crippen LogP contribution in [0.5, 0.6) is 0 Å². The Morgan fingerprint density at radius 1 is 1.13 bits per heavy atom. The van der Waals surface area contributed by atoms with Gasteiger partial charge in [0.15, 0.2) is 5.13 Å². The largest absolute Gasteiger partial charge is 0.378 e. The minimum atomic E-state index is 0.0151. The summed E-state index contributed by atoms with van der Waals surface area (Å²) in [5, 5.41) is 7.30. The number of ether oxygens (including phenoxy) is 1. The first-order chi connectivity index (χ1) is 15.3. The maximum absolute atomic E-state index is 12.4. The normalized spacial score (nSPS) is 14.1. The lowest BCUT2D eigenvalue weighted by molar-refractivity contribution is -0.116. The molecule has 5 rings (SSSR count). The summed E-state index contributed by atoms with van der Waals surface area (Å²) < 4.78 is 5.41. The molecule has 2 N–H and O–H groups in total. The third-order valence-corrected chi connectivity index (χ3v) is 6.44. The number of carbonyl (C=O) groups is 1. The molecule has 1 saturated heterocycles. The third-order valence-electron chi connectivity index (χ3n) is 5.53. The molecule has 0 spiro atoms. The van der Waals surface area contributed by atoms with Crippen molar-refractivity contribution in [3.63, 3.8) is 0 Å². The van der Waals surface area contributed by atoms with Crippen molar-refractivity contribution in [3.05, 3.63) is 65.7 Å². The number of aryl methyl sites for hydroxylation is 1. The maximum Gasteiger partial charge on any atom is 0.224 e. The van der Waals surface area contributed by atoms with Gasteiger partial charge in [0.2, 0.25) is 5.91 Å². The minimum absolute atomic E-state index is 0.0151. The lowest BCUT2D eigenvalue weighted by atomic mass is 10.1. The van der Waals surface area contributed by atoms with E-state index in [1.165, 1.54) is 10.9 Å². The minimum Gasteiger partial charge on any atom is -0.378 e. The zero-order valence-corrected chi connectivity index (χ0v) is 18.0. The van der Waals surface area contributed by atoms with Gasteiger partial charge in [-0.1, -0.05) is 30.3 Å². The van der Waals surface area contributed by atoms with E-state index in [9.17, 15) is 4.79 Å². The first kappa shape index (κ1) is 19.8. The second-order valence-corrected chi connectivity index (χ2v) is 8.44. The molecule has 6 nitrogen and oxygen atoms in total. The Kier molecular flexibility index (Phi) is 5.69. The van der Waals surface area contributed by atoms with Crippen LogP contribution in [0, 0.1) is 0 Å². The van der Waals surface area contributed by atoms with Crippen molar-refractivity contribution in [3.8, 4) is 11.3 Å². The molecule has 0 saturated carbocycles. The van der Waals surface area contributed by atoms with E-state index < -0.39 is 0 Å². The lowest BCUT2D eigenvalue weighted by Gasteiger charge is -2.26. The number of rotatable bonds is 6. The van der Waals surface area contributed by atoms with E-state index in [4.69, 9.17) is 9.72 Å². The molecule has 1 amide bonds. The molecule has 0 atom stereocenters. The number of aromatic nitrogens is 2. The molecule has 1 aliphatic heterocycles. The van der Waals surface area contributed by atoms with Gasteiger partial charge in [0.1, 0.15) is 0 Å². The van der Waals surface area contributed by atoms with Crippen LogP contribution in [0.3, 0.4) is 0 Å². The van der Waals surface area contributed by atoms with Crippen LogP contribution >= 0.6 is 11.3 Å². The highest BCUT2D eigenvalue weighted by atomic mass is 32.1. The van der Waals surface area contributed by atoms with Gasteiger partial charge in [0.25, 0.3) is 0 Å². The van der Waals surface area contributed by atoms with Crippen LogP contribution in [-0.4, -0.2) is 42.2 Å². The Morgan fingerprint density at radius 3 is 2.77 bits per heavy atom. The SMILES string of the molecule is O=C(CCc1c[nH]c2ccccc12)Nc1ccc(-c2csc(N3CCOCC3)n2)cc1. The van der Waals surface area contributed by atoms with Gasteiger partial charge >= 0.3 is 0 Å². The number of para-hydroxylation sites is 1. The summed E-state index contributed by atoms with van der Waals surface area (Å²) >= 11 is 1.66. The van der Waals surface area contributed by atoms with Crippen LogP contribution in [0.25, 0.3) is 22.2 Å². The number of thiazole rings is 1. The fourth-order valence-electron chi connectivity index (χ4n) is 3.83. The fourth-order valence-corrected chi connectivity index (χ4v) is 4.72. The predicted octanol–water partition coefficient (Wildman–Crippen LogP) is 4.70. The number of benzene rings is 2. The summed E-state index contributed by atoms with van der Waals surface area (Å²) in [7, 11) is 0. The van der Waals surface area contributed by atoms with Crippen molar-refractivity contribution >= 4 is 39.0 Å². The number of nitrogens with one attached hydrogen (secondary N) is 2. The second kappa shape index (κ2) is 8.91. The number of nitrogens with zero attached hydrogens (tertiary/aromatic N) is 2. The molecule has 2 aromatic heterocycles. The number of hydrogen-bond donors (Lipinski definition) is 2. The van der Waals surface area contributed by atoms with Crippen LogP contribution in [0.2, 0.25) is 0 Å². The molecule has 3 heterocycles. The van der Waals surface area contributed by atoms with Crippen LogP contribution in [0.15, 0.2) is 60.1 Å². The quantitative estimate of drug-likeness (QED) is 0.463. The van der Waals surface area contributed by atoms with Crippen molar-refractivity contribution in [2.75, 3.05) is 36.5 Å². The smallest absolute Gasteiger partial charge is 0.224 e. The van der Waals surface area contributed by atoms with Gasteiger partial charge in [-0.05, 0) is 30.2 Å². The molecule has 1 aliphatic rings. The number of morpholine rings is 1. The first-order valence-electron chi connectivity index (χ1n) is 10.5. The number of H-pyrrole nitrogens is 1. The average molecular weight is 433 g/mol. The van der Waals surface area contributed by atoms with Crippen molar-refractivity contribution in [2.24, 2.45) is 0 Å². The van der Waals surface area contributed by atoms with E-state index in [1.54, 1.807) is 11.3 Å². The summed E-state index contributed by atoms with van der Waals surface area (Å²) in [4.78, 5) is 22.7. The number of fused-ring (bicyclic) bond motifs is 1. The zero-order chi connectivity index (χ0) is 21.0. The van der Waals surface area contributed by atoms with E-state index in [0.29, 0.717) is 12.8 Å². The Balaban J connectivity index is 1.18. The standard InChI is InChI=1S/C24H24N4O2S/c29-23(10-7-18-15-25-21-4-2-1-3-20(18)21)26-19-8-5-17(6-9-19)22-16-31-24(27-22)28-11-13-30-14-12-28/h1-6,8-9,15-16,25H,7,10-14H2,(H,26,29). The van der Waals surface area contributed by atoms with Crippen molar-refractivity contribution in [1.82, 2.24) is 9.97 Å². The molecule has 0 unspecified atom stereocenters. The Hall–Kier alpha value is -3.16. The molecule has 0 aliphatic carbocycles. The molecule has 4 aromatic rings. The number of hydrogen-bond acceptors (Lipinski definition) is 5. The van der Waals surface area contributed by atoms with E-state index in [0.717, 1.165) is 53.9 Å². The number of anilines is 2. The predicted molar refractivity (Wildman–Crippen MR) is 126 cm³/mol. The summed E-state index contributed by atoms with van der Waals surface area (Å²) in [6.45, 7) is 3.28. The summed E-state index contributed by atoms with van der Waals surface area (Å²) in [5.74, 6) is 0.0151. The first-order valence-corrected chi connectivity index (χ1v) is 11.4. The van der Waals surface area contributed by atoms with Crippen molar-refractivity contribution < 1.29 is 9.53 Å². The monoisotopic (exact) mass is 432 g/mol. The van der Waals surface area contributed by atoms with Crippen LogP contribution in [-0.2, 0) is 16.0 Å². The Labute approximate surface area is 184 Å². The number of aromatic amines is 1. The third kappa shape index (κ3) is 4.47. The van der Waals surface area contributed by atoms with Gasteiger partial charge in [-0.3, -0.25) is 4.79 Å². The van der Waals surface area contributed by atoms with Gasteiger partial charge in [-0.15, -0.1) is 11.3 Å². The second-order valence-electron chi connectivity index (χ2n) is 7.60. The molecule has 7 heteroatoms. The van der Waals surface area contributed by atoms with E-state index in [1.807, 2.05) is 48.7 Å². The number of amides is 1. The topological polar surface area (TPSA) is 70.2 Å². The Bertz CT molecular complexity index is 1180. The summed E-state index contributed by atoms with van der Waals surface area (Å²) in [6, 6.07) is 16.1. The highest BCUT2D eigenvalue weighted by Gasteiger charge is 2.15.